The molecule has 140 valence electrons. The first kappa shape index (κ1) is 18.9. The molecule has 1 saturated carbocycles. The Kier molecular flexibility index (Phi) is 6.91. The van der Waals surface area contributed by atoms with E-state index < -0.39 is 10.0 Å². The van der Waals surface area contributed by atoms with Crippen LogP contribution in [-0.4, -0.2) is 21.0 Å². The Balaban J connectivity index is 1.63. The van der Waals surface area contributed by atoms with Gasteiger partial charge in [0.25, 0.3) is 0 Å². The third-order valence-electron chi connectivity index (χ3n) is 5.58. The van der Waals surface area contributed by atoms with Gasteiger partial charge in [0, 0.05) is 12.1 Å². The SMILES string of the molecule is O=S(=O)(NC1CCCCCCCCC1)c1ccc(C2CCCN2)cc1. The summed E-state index contributed by atoms with van der Waals surface area (Å²) in [6.45, 7) is 1.05. The van der Waals surface area contributed by atoms with Crippen molar-refractivity contribution in [2.45, 2.75) is 87.6 Å². The molecule has 2 N–H and O–H groups in total. The van der Waals surface area contributed by atoms with Crippen LogP contribution in [0.15, 0.2) is 29.2 Å². The standard InChI is InChI=1S/C20H32N2O2S/c23-25(24,22-18-9-6-4-2-1-3-5-7-10-18)19-14-12-17(13-15-19)20-11-8-16-21-20/h12-15,18,20-22H,1-11,16H2. The lowest BCUT2D eigenvalue weighted by Crippen LogP contribution is -2.35. The zero-order chi connectivity index (χ0) is 17.5. The van der Waals surface area contributed by atoms with Crippen LogP contribution >= 0.6 is 0 Å². The first-order valence-electron chi connectivity index (χ1n) is 10.0. The first-order chi connectivity index (χ1) is 12.1. The molecule has 1 atom stereocenters. The fourth-order valence-corrected chi connectivity index (χ4v) is 5.37. The van der Waals surface area contributed by atoms with Crippen LogP contribution in [-0.2, 0) is 10.0 Å². The normalized spacial score (nSPS) is 24.2. The molecular weight excluding hydrogens is 332 g/mol. The minimum Gasteiger partial charge on any atom is -0.310 e. The van der Waals surface area contributed by atoms with Crippen molar-refractivity contribution in [3.63, 3.8) is 0 Å². The Morgan fingerprint density at radius 3 is 1.96 bits per heavy atom. The number of hydrogen-bond donors (Lipinski definition) is 2. The van der Waals surface area contributed by atoms with E-state index in [1.807, 2.05) is 12.1 Å². The highest BCUT2D eigenvalue weighted by atomic mass is 32.2. The lowest BCUT2D eigenvalue weighted by molar-refractivity contribution is 0.434. The molecule has 4 nitrogen and oxygen atoms in total. The van der Waals surface area contributed by atoms with E-state index in [-0.39, 0.29) is 6.04 Å². The van der Waals surface area contributed by atoms with Gasteiger partial charge in [-0.1, -0.05) is 57.1 Å². The molecule has 1 unspecified atom stereocenters. The second-order valence-corrected chi connectivity index (χ2v) is 9.30. The van der Waals surface area contributed by atoms with Gasteiger partial charge in [0.2, 0.25) is 10.0 Å². The van der Waals surface area contributed by atoms with Crippen molar-refractivity contribution in [3.05, 3.63) is 29.8 Å². The maximum Gasteiger partial charge on any atom is 0.240 e. The van der Waals surface area contributed by atoms with Crippen LogP contribution in [0.2, 0.25) is 0 Å². The van der Waals surface area contributed by atoms with Gasteiger partial charge in [0.15, 0.2) is 0 Å². The number of nitrogens with one attached hydrogen (secondary N) is 2. The predicted molar refractivity (Wildman–Crippen MR) is 102 cm³/mol. The van der Waals surface area contributed by atoms with Crippen LogP contribution in [0.4, 0.5) is 0 Å². The summed E-state index contributed by atoms with van der Waals surface area (Å²) >= 11 is 0. The van der Waals surface area contributed by atoms with Gasteiger partial charge < -0.3 is 5.32 Å². The summed E-state index contributed by atoms with van der Waals surface area (Å²) in [5.74, 6) is 0. The Morgan fingerprint density at radius 2 is 1.40 bits per heavy atom. The van der Waals surface area contributed by atoms with E-state index in [0.29, 0.717) is 10.9 Å². The first-order valence-corrected chi connectivity index (χ1v) is 11.5. The number of hydrogen-bond acceptors (Lipinski definition) is 3. The van der Waals surface area contributed by atoms with Crippen LogP contribution in [0.1, 0.15) is 82.2 Å². The fraction of sp³-hybridized carbons (Fsp3) is 0.700. The van der Waals surface area contributed by atoms with Crippen molar-refractivity contribution < 1.29 is 8.42 Å². The third-order valence-corrected chi connectivity index (χ3v) is 7.12. The van der Waals surface area contributed by atoms with Crippen LogP contribution in [0, 0.1) is 0 Å². The topological polar surface area (TPSA) is 58.2 Å². The molecule has 0 spiro atoms. The quantitative estimate of drug-likeness (QED) is 0.838. The van der Waals surface area contributed by atoms with Gasteiger partial charge in [-0.2, -0.15) is 0 Å². The van der Waals surface area contributed by atoms with E-state index in [4.69, 9.17) is 0 Å². The van der Waals surface area contributed by atoms with Crippen LogP contribution in [0.25, 0.3) is 0 Å². The minimum absolute atomic E-state index is 0.0827. The van der Waals surface area contributed by atoms with E-state index in [1.54, 1.807) is 12.1 Å². The highest BCUT2D eigenvalue weighted by Gasteiger charge is 2.21. The van der Waals surface area contributed by atoms with Gasteiger partial charge in [0.05, 0.1) is 4.90 Å². The molecule has 1 aliphatic carbocycles. The van der Waals surface area contributed by atoms with Gasteiger partial charge in [0.1, 0.15) is 0 Å². The highest BCUT2D eigenvalue weighted by Crippen LogP contribution is 2.24. The molecule has 1 saturated heterocycles. The van der Waals surface area contributed by atoms with Crippen molar-refractivity contribution in [3.8, 4) is 0 Å². The summed E-state index contributed by atoms with van der Waals surface area (Å²) < 4.78 is 28.5. The van der Waals surface area contributed by atoms with Gasteiger partial charge >= 0.3 is 0 Å². The maximum absolute atomic E-state index is 12.8. The van der Waals surface area contributed by atoms with Crippen molar-refractivity contribution in [2.75, 3.05) is 6.54 Å². The van der Waals surface area contributed by atoms with Crippen LogP contribution in [0.3, 0.4) is 0 Å². The average molecular weight is 365 g/mol. The second-order valence-electron chi connectivity index (χ2n) is 7.59. The number of benzene rings is 1. The van der Waals surface area contributed by atoms with Gasteiger partial charge in [-0.15, -0.1) is 0 Å². The van der Waals surface area contributed by atoms with Crippen molar-refractivity contribution in [1.82, 2.24) is 10.0 Å². The third kappa shape index (κ3) is 5.53. The molecule has 3 rings (SSSR count). The van der Waals surface area contributed by atoms with E-state index in [0.717, 1.165) is 38.6 Å². The molecule has 1 aliphatic heterocycles. The van der Waals surface area contributed by atoms with Crippen molar-refractivity contribution in [1.29, 1.82) is 0 Å². The van der Waals surface area contributed by atoms with Crippen LogP contribution in [0.5, 0.6) is 0 Å². The smallest absolute Gasteiger partial charge is 0.240 e. The molecule has 0 amide bonds. The second kappa shape index (κ2) is 9.15. The molecule has 0 aromatic heterocycles. The van der Waals surface area contributed by atoms with E-state index >= 15 is 0 Å². The van der Waals surface area contributed by atoms with E-state index in [9.17, 15) is 8.42 Å². The zero-order valence-corrected chi connectivity index (χ0v) is 16.0. The predicted octanol–water partition coefficient (Wildman–Crippen LogP) is 4.28. The average Bonchev–Trinajstić information content (AvgIpc) is 3.15. The van der Waals surface area contributed by atoms with Crippen LogP contribution < -0.4 is 10.0 Å². The summed E-state index contributed by atoms with van der Waals surface area (Å²) in [5.41, 5.74) is 1.19. The Morgan fingerprint density at radius 1 is 0.800 bits per heavy atom. The van der Waals surface area contributed by atoms with E-state index in [2.05, 4.69) is 10.0 Å². The Hall–Kier alpha value is -0.910. The van der Waals surface area contributed by atoms with E-state index in [1.165, 1.54) is 44.1 Å². The summed E-state index contributed by atoms with van der Waals surface area (Å²) in [4.78, 5) is 0.395. The molecule has 1 aromatic carbocycles. The Labute approximate surface area is 152 Å². The number of rotatable bonds is 4. The lowest BCUT2D eigenvalue weighted by atomic mass is 9.98. The molecule has 0 bridgehead atoms. The van der Waals surface area contributed by atoms with Gasteiger partial charge in [-0.3, -0.25) is 0 Å². The summed E-state index contributed by atoms with van der Waals surface area (Å²) in [7, 11) is -3.42. The molecular formula is C20H32N2O2S. The maximum atomic E-state index is 12.8. The monoisotopic (exact) mass is 364 g/mol. The lowest BCUT2D eigenvalue weighted by Gasteiger charge is -2.20. The van der Waals surface area contributed by atoms with Crippen molar-refractivity contribution in [2.24, 2.45) is 0 Å². The minimum atomic E-state index is -3.42. The summed E-state index contributed by atoms with van der Waals surface area (Å²) in [6, 6.07) is 7.91. The van der Waals surface area contributed by atoms with Crippen molar-refractivity contribution >= 4 is 10.0 Å². The molecule has 1 heterocycles. The fourth-order valence-electron chi connectivity index (χ4n) is 4.06. The zero-order valence-electron chi connectivity index (χ0n) is 15.2. The number of sulfonamides is 1. The van der Waals surface area contributed by atoms with Gasteiger partial charge in [-0.05, 0) is 49.9 Å². The van der Waals surface area contributed by atoms with Gasteiger partial charge in [-0.25, -0.2) is 13.1 Å². The molecule has 25 heavy (non-hydrogen) atoms. The molecule has 2 fully saturated rings. The highest BCUT2D eigenvalue weighted by molar-refractivity contribution is 7.89. The Bertz CT molecular complexity index is 612. The molecule has 5 heteroatoms. The summed E-state index contributed by atoms with van der Waals surface area (Å²) in [6.07, 6.45) is 12.8. The molecule has 2 aliphatic rings. The molecule has 1 aromatic rings. The molecule has 0 radical (unpaired) electrons. The summed E-state index contributed by atoms with van der Waals surface area (Å²) in [5, 5.41) is 3.46. The largest absolute Gasteiger partial charge is 0.310 e.